The Morgan fingerprint density at radius 1 is 1.60 bits per heavy atom. The van der Waals surface area contributed by atoms with E-state index in [4.69, 9.17) is 0 Å². The number of fused-ring (bicyclic) bond motifs is 1. The van der Waals surface area contributed by atoms with Crippen LogP contribution in [0.15, 0.2) is 17.5 Å². The van der Waals surface area contributed by atoms with Gasteiger partial charge in [0.2, 0.25) is 0 Å². The van der Waals surface area contributed by atoms with Crippen molar-refractivity contribution >= 4 is 17.2 Å². The minimum Gasteiger partial charge on any atom is -0.349 e. The molecule has 0 saturated heterocycles. The Bertz CT molecular complexity index is 604. The number of amides is 1. The highest BCUT2D eigenvalue weighted by Gasteiger charge is 2.17. The van der Waals surface area contributed by atoms with Gasteiger partial charge < -0.3 is 5.32 Å². The molecule has 2 aromatic heterocycles. The Labute approximate surface area is 122 Å². The van der Waals surface area contributed by atoms with Crippen LogP contribution in [-0.2, 0) is 13.0 Å². The number of aromatic amines is 1. The van der Waals surface area contributed by atoms with Gasteiger partial charge in [0.1, 0.15) is 5.69 Å². The summed E-state index contributed by atoms with van der Waals surface area (Å²) in [5.74, 6) is -0.109. The number of rotatable bonds is 4. The monoisotopic (exact) mass is 290 g/mol. The van der Waals surface area contributed by atoms with E-state index in [1.807, 2.05) is 18.3 Å². The first-order valence-electron chi connectivity index (χ1n) is 6.80. The van der Waals surface area contributed by atoms with Crippen LogP contribution in [0.2, 0.25) is 0 Å². The summed E-state index contributed by atoms with van der Waals surface area (Å²) in [6.07, 6.45) is 1.12. The van der Waals surface area contributed by atoms with Crippen LogP contribution in [0, 0.1) is 6.92 Å². The first-order chi connectivity index (χ1) is 9.72. The standard InChI is InChI=1S/C14H18N4OS/c1-10-8-12(17-16-10)14(19)15-4-6-18-5-2-13-11(9-18)3-7-20-13/h3,7-8H,2,4-6,9H2,1H3,(H,15,19)(H,16,17). The lowest BCUT2D eigenvalue weighted by Crippen LogP contribution is -2.37. The molecule has 1 amide bonds. The summed E-state index contributed by atoms with van der Waals surface area (Å²) in [6.45, 7) is 5.49. The summed E-state index contributed by atoms with van der Waals surface area (Å²) in [5.41, 5.74) is 2.80. The minimum absolute atomic E-state index is 0.109. The van der Waals surface area contributed by atoms with Gasteiger partial charge in [-0.05, 0) is 36.4 Å². The molecule has 0 aromatic carbocycles. The summed E-state index contributed by atoms with van der Waals surface area (Å²) in [6, 6.07) is 3.96. The average Bonchev–Trinajstić information content (AvgIpc) is 3.06. The third kappa shape index (κ3) is 2.91. The summed E-state index contributed by atoms with van der Waals surface area (Å²) < 4.78 is 0. The maximum Gasteiger partial charge on any atom is 0.271 e. The molecule has 5 nitrogen and oxygen atoms in total. The predicted octanol–water partition coefficient (Wildman–Crippen LogP) is 1.57. The van der Waals surface area contributed by atoms with Crippen molar-refractivity contribution < 1.29 is 4.79 Å². The van der Waals surface area contributed by atoms with E-state index in [1.54, 1.807) is 6.07 Å². The summed E-state index contributed by atoms with van der Waals surface area (Å²) >= 11 is 1.85. The SMILES string of the molecule is Cc1cc(C(=O)NCCN2CCc3sccc3C2)n[nH]1. The van der Waals surface area contributed by atoms with Gasteiger partial charge in [-0.25, -0.2) is 0 Å². The molecule has 0 bridgehead atoms. The molecule has 0 saturated carbocycles. The van der Waals surface area contributed by atoms with Crippen LogP contribution in [-0.4, -0.2) is 40.6 Å². The molecule has 3 rings (SSSR count). The Kier molecular flexibility index (Phi) is 3.84. The van der Waals surface area contributed by atoms with Crippen molar-refractivity contribution in [1.82, 2.24) is 20.4 Å². The molecular formula is C14H18N4OS. The topological polar surface area (TPSA) is 61.0 Å². The number of carbonyl (C=O) groups is 1. The van der Waals surface area contributed by atoms with Crippen molar-refractivity contribution in [2.75, 3.05) is 19.6 Å². The molecular weight excluding hydrogens is 272 g/mol. The molecule has 1 aliphatic rings. The average molecular weight is 290 g/mol. The zero-order valence-corrected chi connectivity index (χ0v) is 12.3. The molecule has 20 heavy (non-hydrogen) atoms. The van der Waals surface area contributed by atoms with E-state index >= 15 is 0 Å². The van der Waals surface area contributed by atoms with E-state index in [2.05, 4.69) is 31.9 Å². The quantitative estimate of drug-likeness (QED) is 0.898. The number of thiophene rings is 1. The van der Waals surface area contributed by atoms with Crippen molar-refractivity contribution in [3.05, 3.63) is 39.3 Å². The van der Waals surface area contributed by atoms with Crippen molar-refractivity contribution in [3.63, 3.8) is 0 Å². The molecule has 0 aliphatic carbocycles. The molecule has 2 N–H and O–H groups in total. The highest BCUT2D eigenvalue weighted by molar-refractivity contribution is 7.10. The van der Waals surface area contributed by atoms with E-state index in [-0.39, 0.29) is 5.91 Å². The van der Waals surface area contributed by atoms with Gasteiger partial charge >= 0.3 is 0 Å². The van der Waals surface area contributed by atoms with Gasteiger partial charge in [-0.2, -0.15) is 5.10 Å². The molecule has 2 aromatic rings. The van der Waals surface area contributed by atoms with Gasteiger partial charge in [-0.3, -0.25) is 14.8 Å². The fourth-order valence-electron chi connectivity index (χ4n) is 2.45. The lowest BCUT2D eigenvalue weighted by Gasteiger charge is -2.26. The number of hydrogen-bond acceptors (Lipinski definition) is 4. The molecule has 106 valence electrons. The normalized spacial score (nSPS) is 15.1. The van der Waals surface area contributed by atoms with Crippen molar-refractivity contribution in [2.24, 2.45) is 0 Å². The summed E-state index contributed by atoms with van der Waals surface area (Å²) in [5, 5.41) is 11.8. The first kappa shape index (κ1) is 13.3. The van der Waals surface area contributed by atoms with E-state index in [0.717, 1.165) is 31.7 Å². The van der Waals surface area contributed by atoms with E-state index < -0.39 is 0 Å². The van der Waals surface area contributed by atoms with Crippen molar-refractivity contribution in [3.8, 4) is 0 Å². The lowest BCUT2D eigenvalue weighted by atomic mass is 10.1. The third-order valence-corrected chi connectivity index (χ3v) is 4.56. The van der Waals surface area contributed by atoms with Crippen molar-refractivity contribution in [2.45, 2.75) is 19.9 Å². The number of nitrogens with one attached hydrogen (secondary N) is 2. The van der Waals surface area contributed by atoms with Gasteiger partial charge in [0.25, 0.3) is 5.91 Å². The van der Waals surface area contributed by atoms with E-state index in [1.165, 1.54) is 10.4 Å². The van der Waals surface area contributed by atoms with Gasteiger partial charge in [-0.15, -0.1) is 11.3 Å². The largest absolute Gasteiger partial charge is 0.349 e. The van der Waals surface area contributed by atoms with Gasteiger partial charge in [0.05, 0.1) is 0 Å². The predicted molar refractivity (Wildman–Crippen MR) is 79.0 cm³/mol. The lowest BCUT2D eigenvalue weighted by molar-refractivity contribution is 0.0942. The highest BCUT2D eigenvalue weighted by Crippen LogP contribution is 2.23. The fourth-order valence-corrected chi connectivity index (χ4v) is 3.34. The summed E-state index contributed by atoms with van der Waals surface area (Å²) in [7, 11) is 0. The second-order valence-corrected chi connectivity index (χ2v) is 6.09. The van der Waals surface area contributed by atoms with Gasteiger partial charge in [0, 0.05) is 36.8 Å². The van der Waals surface area contributed by atoms with E-state index in [0.29, 0.717) is 12.2 Å². The Hall–Kier alpha value is -1.66. The van der Waals surface area contributed by atoms with E-state index in [9.17, 15) is 4.79 Å². The number of H-pyrrole nitrogens is 1. The zero-order chi connectivity index (χ0) is 13.9. The molecule has 6 heteroatoms. The van der Waals surface area contributed by atoms with Gasteiger partial charge in [-0.1, -0.05) is 0 Å². The second-order valence-electron chi connectivity index (χ2n) is 5.09. The van der Waals surface area contributed by atoms with Crippen LogP contribution in [0.3, 0.4) is 0 Å². The summed E-state index contributed by atoms with van der Waals surface area (Å²) in [4.78, 5) is 15.7. The highest BCUT2D eigenvalue weighted by atomic mass is 32.1. The molecule has 0 atom stereocenters. The number of nitrogens with zero attached hydrogens (tertiary/aromatic N) is 2. The van der Waals surface area contributed by atoms with Crippen LogP contribution >= 0.6 is 11.3 Å². The molecule has 0 unspecified atom stereocenters. The molecule has 0 spiro atoms. The Morgan fingerprint density at radius 3 is 3.30 bits per heavy atom. The van der Waals surface area contributed by atoms with Crippen LogP contribution in [0.4, 0.5) is 0 Å². The number of aryl methyl sites for hydroxylation is 1. The fraction of sp³-hybridized carbons (Fsp3) is 0.429. The Morgan fingerprint density at radius 2 is 2.50 bits per heavy atom. The molecule has 3 heterocycles. The van der Waals surface area contributed by atoms with Crippen LogP contribution in [0.25, 0.3) is 0 Å². The van der Waals surface area contributed by atoms with Crippen LogP contribution < -0.4 is 5.32 Å². The Balaban J connectivity index is 1.46. The first-order valence-corrected chi connectivity index (χ1v) is 7.68. The minimum atomic E-state index is -0.109. The smallest absolute Gasteiger partial charge is 0.271 e. The van der Waals surface area contributed by atoms with Crippen molar-refractivity contribution in [1.29, 1.82) is 0 Å². The molecule has 1 aliphatic heterocycles. The second kappa shape index (κ2) is 5.76. The zero-order valence-electron chi connectivity index (χ0n) is 11.5. The maximum absolute atomic E-state index is 11.8. The molecule has 0 radical (unpaired) electrons. The van der Waals surface area contributed by atoms with Crippen LogP contribution in [0.5, 0.6) is 0 Å². The third-order valence-electron chi connectivity index (χ3n) is 3.54. The number of hydrogen-bond donors (Lipinski definition) is 2. The number of aromatic nitrogens is 2. The number of carbonyl (C=O) groups excluding carboxylic acids is 1. The maximum atomic E-state index is 11.8. The molecule has 0 fully saturated rings. The van der Waals surface area contributed by atoms with Crippen LogP contribution in [0.1, 0.15) is 26.6 Å². The van der Waals surface area contributed by atoms with Gasteiger partial charge in [0.15, 0.2) is 0 Å².